The first-order valence-corrected chi connectivity index (χ1v) is 10.6. The number of carbonyl (C=O) groups is 1. The van der Waals surface area contributed by atoms with Crippen LogP contribution in [0.4, 0.5) is 0 Å². The van der Waals surface area contributed by atoms with Crippen LogP contribution in [-0.4, -0.2) is 57.8 Å². The van der Waals surface area contributed by atoms with E-state index < -0.39 is 0 Å². The molecule has 5 nitrogen and oxygen atoms in total. The zero-order chi connectivity index (χ0) is 20.1. The lowest BCUT2D eigenvalue weighted by Gasteiger charge is -2.37. The van der Waals surface area contributed by atoms with Crippen LogP contribution < -0.4 is 0 Å². The topological polar surface area (TPSA) is 40.9 Å². The Morgan fingerprint density at radius 2 is 1.97 bits per heavy atom. The second-order valence-electron chi connectivity index (χ2n) is 8.05. The number of fused-ring (bicyclic) bond motifs is 1. The second kappa shape index (κ2) is 9.23. The average Bonchev–Trinajstić information content (AvgIpc) is 3.19. The maximum Gasteiger partial charge on any atom is 0.223 e. The summed E-state index contributed by atoms with van der Waals surface area (Å²) >= 11 is 0. The van der Waals surface area contributed by atoms with Gasteiger partial charge in [0.1, 0.15) is 5.65 Å². The van der Waals surface area contributed by atoms with Crippen LogP contribution in [0.2, 0.25) is 0 Å². The largest absolute Gasteiger partial charge is 0.341 e. The molecule has 0 N–H and O–H groups in total. The zero-order valence-electron chi connectivity index (χ0n) is 17.2. The van der Waals surface area contributed by atoms with Crippen LogP contribution in [0.3, 0.4) is 0 Å². The van der Waals surface area contributed by atoms with Crippen molar-refractivity contribution in [3.05, 3.63) is 72.2 Å². The highest BCUT2D eigenvalue weighted by molar-refractivity contribution is 5.76. The molecule has 1 amide bonds. The number of hydrogen-bond donors (Lipinski definition) is 0. The Labute approximate surface area is 173 Å². The predicted molar refractivity (Wildman–Crippen MR) is 116 cm³/mol. The van der Waals surface area contributed by atoms with Gasteiger partial charge in [-0.25, -0.2) is 4.98 Å². The number of hydrogen-bond acceptors (Lipinski definition) is 3. The van der Waals surface area contributed by atoms with E-state index in [0.29, 0.717) is 18.9 Å². The van der Waals surface area contributed by atoms with Crippen LogP contribution in [0.1, 0.15) is 30.5 Å². The molecule has 1 atom stereocenters. The first-order valence-electron chi connectivity index (χ1n) is 10.6. The number of amides is 1. The van der Waals surface area contributed by atoms with Gasteiger partial charge in [-0.15, -0.1) is 0 Å². The van der Waals surface area contributed by atoms with Crippen LogP contribution in [0.5, 0.6) is 0 Å². The number of benzene rings is 1. The maximum absolute atomic E-state index is 12.8. The highest BCUT2D eigenvalue weighted by Gasteiger charge is 2.26. The third-order valence-corrected chi connectivity index (χ3v) is 5.98. The fourth-order valence-electron chi connectivity index (χ4n) is 4.17. The van der Waals surface area contributed by atoms with E-state index in [1.807, 2.05) is 35.0 Å². The van der Waals surface area contributed by atoms with Crippen LogP contribution in [0.25, 0.3) is 5.65 Å². The van der Waals surface area contributed by atoms with Crippen molar-refractivity contribution >= 4 is 11.6 Å². The molecule has 2 aromatic heterocycles. The molecule has 0 saturated carbocycles. The van der Waals surface area contributed by atoms with Gasteiger partial charge in [0, 0.05) is 44.5 Å². The van der Waals surface area contributed by atoms with Gasteiger partial charge in [-0.05, 0) is 50.4 Å². The second-order valence-corrected chi connectivity index (χ2v) is 8.05. The Balaban J connectivity index is 1.27. The number of rotatable bonds is 7. The molecule has 1 unspecified atom stereocenters. The van der Waals surface area contributed by atoms with Gasteiger partial charge in [0.25, 0.3) is 0 Å². The standard InChI is InChI=1S/C24H30N4O/c1-26(17-14-20-8-3-2-4-9-20)22-10-7-16-28(19-22)24(29)13-12-21-18-27-15-6-5-11-23(27)25-21/h2-6,8-9,11,15,18,22H,7,10,12-14,16-17,19H2,1H3. The minimum atomic E-state index is 0.253. The lowest BCUT2D eigenvalue weighted by Crippen LogP contribution is -2.49. The number of likely N-dealkylation sites (N-methyl/N-ethyl adjacent to an activating group) is 1. The van der Waals surface area contributed by atoms with Gasteiger partial charge in [0.15, 0.2) is 0 Å². The third kappa shape index (κ3) is 5.04. The Hall–Kier alpha value is -2.66. The van der Waals surface area contributed by atoms with Gasteiger partial charge in [0.2, 0.25) is 5.91 Å². The minimum absolute atomic E-state index is 0.253. The van der Waals surface area contributed by atoms with Crippen LogP contribution in [0.15, 0.2) is 60.9 Å². The molecule has 29 heavy (non-hydrogen) atoms. The molecule has 0 spiro atoms. The van der Waals surface area contributed by atoms with Crippen molar-refractivity contribution < 1.29 is 4.79 Å². The average molecular weight is 391 g/mol. The van der Waals surface area contributed by atoms with Crippen LogP contribution in [0, 0.1) is 0 Å². The highest BCUT2D eigenvalue weighted by atomic mass is 16.2. The van der Waals surface area contributed by atoms with Crippen molar-refractivity contribution in [3.8, 4) is 0 Å². The van der Waals surface area contributed by atoms with Crippen molar-refractivity contribution in [2.75, 3.05) is 26.7 Å². The van der Waals surface area contributed by atoms with Gasteiger partial charge in [0.05, 0.1) is 5.69 Å². The fourth-order valence-corrected chi connectivity index (χ4v) is 4.17. The number of pyridine rings is 1. The SMILES string of the molecule is CN(CCc1ccccc1)C1CCCN(C(=O)CCc2cn3ccccc3n2)C1. The van der Waals surface area contributed by atoms with Crippen molar-refractivity contribution in [3.63, 3.8) is 0 Å². The Kier molecular flexibility index (Phi) is 6.25. The monoisotopic (exact) mass is 390 g/mol. The van der Waals surface area contributed by atoms with E-state index in [4.69, 9.17) is 0 Å². The molecular formula is C24H30N4O. The molecular weight excluding hydrogens is 360 g/mol. The molecule has 1 saturated heterocycles. The number of aryl methyl sites for hydroxylation is 1. The quantitative estimate of drug-likeness (QED) is 0.621. The third-order valence-electron chi connectivity index (χ3n) is 5.98. The molecule has 3 aromatic rings. The van der Waals surface area contributed by atoms with E-state index in [0.717, 1.165) is 43.8 Å². The summed E-state index contributed by atoms with van der Waals surface area (Å²) in [6.07, 6.45) is 8.56. The molecule has 0 aliphatic carbocycles. The molecule has 1 aromatic carbocycles. The number of likely N-dealkylation sites (tertiary alicyclic amines) is 1. The first-order chi connectivity index (χ1) is 14.2. The maximum atomic E-state index is 12.8. The lowest BCUT2D eigenvalue weighted by molar-refractivity contribution is -0.133. The predicted octanol–water partition coefficient (Wildman–Crippen LogP) is 3.43. The summed E-state index contributed by atoms with van der Waals surface area (Å²) in [5.41, 5.74) is 3.29. The summed E-state index contributed by atoms with van der Waals surface area (Å²) in [5.74, 6) is 0.253. The van der Waals surface area contributed by atoms with Crippen LogP contribution >= 0.6 is 0 Å². The summed E-state index contributed by atoms with van der Waals surface area (Å²) in [7, 11) is 2.19. The van der Waals surface area contributed by atoms with E-state index in [9.17, 15) is 4.79 Å². The van der Waals surface area contributed by atoms with Crippen molar-refractivity contribution in [1.82, 2.24) is 19.2 Å². The van der Waals surface area contributed by atoms with Gasteiger partial charge in [-0.3, -0.25) is 4.79 Å². The van der Waals surface area contributed by atoms with Gasteiger partial charge < -0.3 is 14.2 Å². The Morgan fingerprint density at radius 3 is 2.79 bits per heavy atom. The van der Waals surface area contributed by atoms with Crippen LogP contribution in [-0.2, 0) is 17.6 Å². The van der Waals surface area contributed by atoms with E-state index in [1.165, 1.54) is 12.0 Å². The van der Waals surface area contributed by atoms with Crippen molar-refractivity contribution in [2.24, 2.45) is 0 Å². The van der Waals surface area contributed by atoms with Gasteiger partial charge >= 0.3 is 0 Å². The smallest absolute Gasteiger partial charge is 0.223 e. The van der Waals surface area contributed by atoms with Crippen molar-refractivity contribution in [1.29, 1.82) is 0 Å². The van der Waals surface area contributed by atoms with Crippen molar-refractivity contribution in [2.45, 2.75) is 38.1 Å². The minimum Gasteiger partial charge on any atom is -0.341 e. The summed E-state index contributed by atoms with van der Waals surface area (Å²) in [6, 6.07) is 17.0. The summed E-state index contributed by atoms with van der Waals surface area (Å²) in [6.45, 7) is 2.75. The van der Waals surface area contributed by atoms with E-state index >= 15 is 0 Å². The molecule has 1 aliphatic rings. The molecule has 3 heterocycles. The fraction of sp³-hybridized carbons (Fsp3) is 0.417. The summed E-state index contributed by atoms with van der Waals surface area (Å²) in [4.78, 5) is 21.9. The van der Waals surface area contributed by atoms with E-state index in [-0.39, 0.29) is 5.91 Å². The molecule has 0 radical (unpaired) electrons. The number of aromatic nitrogens is 2. The highest BCUT2D eigenvalue weighted by Crippen LogP contribution is 2.17. The molecule has 1 fully saturated rings. The number of piperidine rings is 1. The van der Waals surface area contributed by atoms with Gasteiger partial charge in [-0.2, -0.15) is 0 Å². The van der Waals surface area contributed by atoms with E-state index in [2.05, 4.69) is 52.2 Å². The molecule has 5 heteroatoms. The summed E-state index contributed by atoms with van der Waals surface area (Å²) in [5, 5.41) is 0. The summed E-state index contributed by atoms with van der Waals surface area (Å²) < 4.78 is 2.01. The lowest BCUT2D eigenvalue weighted by atomic mass is 10.0. The van der Waals surface area contributed by atoms with Gasteiger partial charge in [-0.1, -0.05) is 36.4 Å². The number of imidazole rings is 1. The Bertz CT molecular complexity index is 903. The first kappa shape index (κ1) is 19.6. The van der Waals surface area contributed by atoms with E-state index in [1.54, 1.807) is 0 Å². The Morgan fingerprint density at radius 1 is 1.14 bits per heavy atom. The molecule has 152 valence electrons. The molecule has 1 aliphatic heterocycles. The number of nitrogens with zero attached hydrogens (tertiary/aromatic N) is 4. The molecule has 4 rings (SSSR count). The zero-order valence-corrected chi connectivity index (χ0v) is 17.2. The number of carbonyl (C=O) groups excluding carboxylic acids is 1. The molecule has 0 bridgehead atoms. The normalized spacial score (nSPS) is 17.2.